The maximum absolute atomic E-state index is 11.0. The molecule has 1 unspecified atom stereocenters. The van der Waals surface area contributed by atoms with Crippen molar-refractivity contribution >= 4 is 17.6 Å². The van der Waals surface area contributed by atoms with E-state index in [9.17, 15) is 9.59 Å². The van der Waals surface area contributed by atoms with Gasteiger partial charge >= 0.3 is 11.9 Å². The zero-order chi connectivity index (χ0) is 14.4. The van der Waals surface area contributed by atoms with Crippen LogP contribution in [0, 0.1) is 0 Å². The minimum Gasteiger partial charge on any atom is -0.495 e. The van der Waals surface area contributed by atoms with Crippen LogP contribution in [0.2, 0.25) is 0 Å². The quantitative estimate of drug-likeness (QED) is 0.694. The highest BCUT2D eigenvalue weighted by Gasteiger charge is 2.22. The molecule has 0 saturated heterocycles. The van der Waals surface area contributed by atoms with E-state index in [2.05, 4.69) is 5.32 Å². The van der Waals surface area contributed by atoms with Gasteiger partial charge < -0.3 is 20.3 Å². The summed E-state index contributed by atoms with van der Waals surface area (Å²) in [5.74, 6) is -1.91. The molecule has 19 heavy (non-hydrogen) atoms. The van der Waals surface area contributed by atoms with Crippen molar-refractivity contribution in [1.82, 2.24) is 0 Å². The molecule has 6 heteroatoms. The third kappa shape index (κ3) is 4.17. The Hall–Kier alpha value is -2.24. The molecule has 0 bridgehead atoms. The number of carboxylic acids is 2. The van der Waals surface area contributed by atoms with Crippen molar-refractivity contribution in [3.8, 4) is 5.75 Å². The fourth-order valence-electron chi connectivity index (χ4n) is 1.65. The smallest absolute Gasteiger partial charge is 0.326 e. The monoisotopic (exact) mass is 267 g/mol. The van der Waals surface area contributed by atoms with Gasteiger partial charge in [-0.2, -0.15) is 0 Å². The first kappa shape index (κ1) is 14.8. The number of nitrogens with one attached hydrogen (secondary N) is 1. The van der Waals surface area contributed by atoms with Crippen molar-refractivity contribution < 1.29 is 24.5 Å². The van der Waals surface area contributed by atoms with Crippen LogP contribution in [0.15, 0.2) is 18.2 Å². The van der Waals surface area contributed by atoms with Gasteiger partial charge in [0, 0.05) is 0 Å². The van der Waals surface area contributed by atoms with Gasteiger partial charge in [-0.05, 0) is 24.1 Å². The molecule has 0 heterocycles. The lowest BCUT2D eigenvalue weighted by molar-refractivity contribution is -0.144. The number of hydrogen-bond donors (Lipinski definition) is 3. The fraction of sp³-hybridized carbons (Fsp3) is 0.385. The van der Waals surface area contributed by atoms with Gasteiger partial charge in [-0.15, -0.1) is 0 Å². The van der Waals surface area contributed by atoms with Crippen LogP contribution in [0.25, 0.3) is 0 Å². The van der Waals surface area contributed by atoms with Crippen molar-refractivity contribution in [3.05, 3.63) is 23.8 Å². The third-order valence-electron chi connectivity index (χ3n) is 2.68. The maximum atomic E-state index is 11.0. The van der Waals surface area contributed by atoms with Gasteiger partial charge in [0.05, 0.1) is 19.2 Å². The lowest BCUT2D eigenvalue weighted by Crippen LogP contribution is -2.31. The number of methoxy groups -OCH3 is 1. The van der Waals surface area contributed by atoms with Gasteiger partial charge in [-0.1, -0.05) is 13.0 Å². The Morgan fingerprint density at radius 2 is 2.05 bits per heavy atom. The molecule has 0 saturated carbocycles. The first-order chi connectivity index (χ1) is 8.97. The van der Waals surface area contributed by atoms with Crippen LogP contribution in [0.4, 0.5) is 5.69 Å². The molecule has 0 fully saturated rings. The van der Waals surface area contributed by atoms with Crippen LogP contribution in [-0.4, -0.2) is 35.3 Å². The summed E-state index contributed by atoms with van der Waals surface area (Å²) in [6.45, 7) is 1.97. The first-order valence-corrected chi connectivity index (χ1v) is 5.86. The Bertz CT molecular complexity index is 472. The molecule has 1 aromatic rings. The van der Waals surface area contributed by atoms with Gasteiger partial charge in [-0.25, -0.2) is 4.79 Å². The molecule has 3 N–H and O–H groups in total. The van der Waals surface area contributed by atoms with Gasteiger partial charge in [0.1, 0.15) is 11.8 Å². The van der Waals surface area contributed by atoms with Crippen molar-refractivity contribution in [2.45, 2.75) is 25.8 Å². The van der Waals surface area contributed by atoms with Crippen LogP contribution in [0.3, 0.4) is 0 Å². The lowest BCUT2D eigenvalue weighted by atomic mass is 10.1. The lowest BCUT2D eigenvalue weighted by Gasteiger charge is -2.17. The van der Waals surface area contributed by atoms with Gasteiger partial charge in [-0.3, -0.25) is 4.79 Å². The van der Waals surface area contributed by atoms with E-state index in [4.69, 9.17) is 14.9 Å². The van der Waals surface area contributed by atoms with Crippen LogP contribution in [0.5, 0.6) is 5.75 Å². The molecule has 0 aliphatic carbocycles. The number of hydrogen-bond acceptors (Lipinski definition) is 4. The summed E-state index contributed by atoms with van der Waals surface area (Å²) >= 11 is 0. The van der Waals surface area contributed by atoms with E-state index >= 15 is 0 Å². The Labute approximate surface area is 111 Å². The summed E-state index contributed by atoms with van der Waals surface area (Å²) in [5, 5.41) is 20.4. The summed E-state index contributed by atoms with van der Waals surface area (Å²) in [5.41, 5.74) is 1.48. The van der Waals surface area contributed by atoms with E-state index in [1.165, 1.54) is 7.11 Å². The maximum Gasteiger partial charge on any atom is 0.326 e. The van der Waals surface area contributed by atoms with Gasteiger partial charge in [0.2, 0.25) is 0 Å². The van der Waals surface area contributed by atoms with Crippen molar-refractivity contribution in [3.63, 3.8) is 0 Å². The third-order valence-corrected chi connectivity index (χ3v) is 2.68. The van der Waals surface area contributed by atoms with Gasteiger partial charge in [0.15, 0.2) is 0 Å². The van der Waals surface area contributed by atoms with E-state index in [0.29, 0.717) is 11.4 Å². The predicted octanol–water partition coefficient (Wildman–Crippen LogP) is 1.60. The minimum atomic E-state index is -1.22. The molecular weight excluding hydrogens is 250 g/mol. The number of anilines is 1. The molecule has 0 aliphatic rings. The standard InChI is InChI=1S/C13H17NO5/c1-3-8-4-5-11(19-2)9(6-8)14-10(13(17)18)7-12(15)16/h4-6,10,14H,3,7H2,1-2H3,(H,15,16)(H,17,18). The molecule has 1 aromatic carbocycles. The van der Waals surface area contributed by atoms with Gasteiger partial charge in [0.25, 0.3) is 0 Å². The summed E-state index contributed by atoms with van der Waals surface area (Å²) in [4.78, 5) is 21.7. The zero-order valence-electron chi connectivity index (χ0n) is 10.8. The molecule has 0 radical (unpaired) electrons. The topological polar surface area (TPSA) is 95.9 Å². The number of carbonyl (C=O) groups is 2. The predicted molar refractivity (Wildman–Crippen MR) is 69.7 cm³/mol. The minimum absolute atomic E-state index is 0.480. The average Bonchev–Trinajstić information content (AvgIpc) is 2.37. The second-order valence-corrected chi connectivity index (χ2v) is 4.02. The Morgan fingerprint density at radius 1 is 1.37 bits per heavy atom. The van der Waals surface area contributed by atoms with E-state index in [0.717, 1.165) is 12.0 Å². The number of benzene rings is 1. The van der Waals surface area contributed by atoms with Crippen LogP contribution < -0.4 is 10.1 Å². The van der Waals surface area contributed by atoms with Crippen molar-refractivity contribution in [1.29, 1.82) is 0 Å². The summed E-state index contributed by atoms with van der Waals surface area (Å²) in [7, 11) is 1.47. The number of carboxylic acid groups (broad SMARTS) is 2. The zero-order valence-corrected chi connectivity index (χ0v) is 10.8. The fourth-order valence-corrected chi connectivity index (χ4v) is 1.65. The molecule has 104 valence electrons. The average molecular weight is 267 g/mol. The van der Waals surface area contributed by atoms with Crippen LogP contribution >= 0.6 is 0 Å². The molecule has 0 aromatic heterocycles. The normalized spacial score (nSPS) is 11.7. The SMILES string of the molecule is CCc1ccc(OC)c(NC(CC(=O)O)C(=O)O)c1. The van der Waals surface area contributed by atoms with Crippen molar-refractivity contribution in [2.75, 3.05) is 12.4 Å². The highest BCUT2D eigenvalue weighted by molar-refractivity contribution is 5.84. The van der Waals surface area contributed by atoms with E-state index in [1.54, 1.807) is 12.1 Å². The first-order valence-electron chi connectivity index (χ1n) is 5.86. The second kappa shape index (κ2) is 6.63. The molecule has 0 amide bonds. The molecule has 6 nitrogen and oxygen atoms in total. The molecule has 0 aliphatic heterocycles. The Kier molecular flexibility index (Phi) is 5.17. The van der Waals surface area contributed by atoms with E-state index < -0.39 is 24.4 Å². The summed E-state index contributed by atoms with van der Waals surface area (Å²) < 4.78 is 5.13. The molecular formula is C13H17NO5. The molecule has 0 spiro atoms. The number of aliphatic carboxylic acids is 2. The van der Waals surface area contributed by atoms with Crippen LogP contribution in [-0.2, 0) is 16.0 Å². The Balaban J connectivity index is 2.99. The van der Waals surface area contributed by atoms with Crippen molar-refractivity contribution in [2.24, 2.45) is 0 Å². The largest absolute Gasteiger partial charge is 0.495 e. The number of aryl methyl sites for hydroxylation is 1. The van der Waals surface area contributed by atoms with Crippen LogP contribution in [0.1, 0.15) is 18.9 Å². The number of rotatable bonds is 7. The highest BCUT2D eigenvalue weighted by atomic mass is 16.5. The Morgan fingerprint density at radius 3 is 2.53 bits per heavy atom. The second-order valence-electron chi connectivity index (χ2n) is 4.02. The summed E-state index contributed by atoms with van der Waals surface area (Å²) in [6.07, 6.45) is 0.282. The summed E-state index contributed by atoms with van der Waals surface area (Å²) in [6, 6.07) is 4.16. The molecule has 1 atom stereocenters. The van der Waals surface area contributed by atoms with E-state index in [-0.39, 0.29) is 0 Å². The van der Waals surface area contributed by atoms with E-state index in [1.807, 2.05) is 13.0 Å². The highest BCUT2D eigenvalue weighted by Crippen LogP contribution is 2.26. The number of ether oxygens (including phenoxy) is 1. The molecule has 1 rings (SSSR count).